The number of rotatable bonds is 9. The van der Waals surface area contributed by atoms with Crippen LogP contribution in [0.4, 0.5) is 10.5 Å². The molecular weight excluding hydrogens is 430 g/mol. The van der Waals surface area contributed by atoms with Gasteiger partial charge in [-0.15, -0.1) is 0 Å². The molecule has 1 fully saturated rings. The van der Waals surface area contributed by atoms with Crippen LogP contribution in [0.1, 0.15) is 71.5 Å². The van der Waals surface area contributed by atoms with E-state index in [0.717, 1.165) is 19.3 Å². The van der Waals surface area contributed by atoms with E-state index in [1.54, 1.807) is 18.7 Å². The van der Waals surface area contributed by atoms with Crippen LogP contribution in [-0.2, 0) is 9.53 Å². The lowest BCUT2D eigenvalue weighted by atomic mass is 9.96. The average Bonchev–Trinajstić information content (AvgIpc) is 2.94. The number of methoxy groups -OCH3 is 2. The highest BCUT2D eigenvalue weighted by molar-refractivity contribution is 5.78. The van der Waals surface area contributed by atoms with Crippen LogP contribution in [0.2, 0.25) is 0 Å². The molecule has 1 aromatic rings. The van der Waals surface area contributed by atoms with E-state index in [1.807, 2.05) is 13.8 Å². The van der Waals surface area contributed by atoms with Crippen molar-refractivity contribution < 1.29 is 28.7 Å². The van der Waals surface area contributed by atoms with Crippen LogP contribution < -0.4 is 14.8 Å². The zero-order valence-corrected chi connectivity index (χ0v) is 20.3. The third kappa shape index (κ3) is 6.27. The first-order valence-electron chi connectivity index (χ1n) is 11.3. The van der Waals surface area contributed by atoms with Gasteiger partial charge in [-0.2, -0.15) is 0 Å². The third-order valence-electron chi connectivity index (χ3n) is 5.91. The Morgan fingerprint density at radius 2 is 1.88 bits per heavy atom. The van der Waals surface area contributed by atoms with E-state index >= 15 is 0 Å². The monoisotopic (exact) mass is 465 g/mol. The number of carbonyl (C=O) groups is 2. The molecule has 2 amide bonds. The predicted molar refractivity (Wildman–Crippen MR) is 122 cm³/mol. The number of nitro groups is 1. The number of nitro benzene ring substituents is 1. The Hall–Kier alpha value is -3.04. The van der Waals surface area contributed by atoms with E-state index in [9.17, 15) is 19.7 Å². The van der Waals surface area contributed by atoms with Gasteiger partial charge in [0.1, 0.15) is 12.3 Å². The van der Waals surface area contributed by atoms with Crippen molar-refractivity contribution in [2.24, 2.45) is 5.92 Å². The van der Waals surface area contributed by atoms with Crippen molar-refractivity contribution in [3.8, 4) is 11.5 Å². The molecule has 0 spiro atoms. The van der Waals surface area contributed by atoms with E-state index in [-0.39, 0.29) is 34.9 Å². The summed E-state index contributed by atoms with van der Waals surface area (Å²) in [5.74, 6) is 0.234. The predicted octanol–water partition coefficient (Wildman–Crippen LogP) is 4.56. The van der Waals surface area contributed by atoms with Gasteiger partial charge in [-0.05, 0) is 38.2 Å². The Bertz CT molecular complexity index is 859. The Labute approximate surface area is 194 Å². The molecule has 1 saturated heterocycles. The number of hydrogen-bond donors (Lipinski definition) is 1. The summed E-state index contributed by atoms with van der Waals surface area (Å²) in [5, 5.41) is 14.5. The SMILES string of the molecule is CCC(NC(=O)OC(c1cc(OC)c(OC)cc1[N+](=O)[O-])C(C)C)N1C(=O)CCCCC1C. The van der Waals surface area contributed by atoms with Crippen LogP contribution in [0.15, 0.2) is 12.1 Å². The highest BCUT2D eigenvalue weighted by atomic mass is 16.6. The molecule has 0 saturated carbocycles. The van der Waals surface area contributed by atoms with Crippen LogP contribution in [-0.4, -0.2) is 48.3 Å². The maximum Gasteiger partial charge on any atom is 0.409 e. The van der Waals surface area contributed by atoms with E-state index in [2.05, 4.69) is 5.32 Å². The normalized spacial score (nSPS) is 18.3. The summed E-state index contributed by atoms with van der Waals surface area (Å²) in [6.07, 6.45) is 1.44. The van der Waals surface area contributed by atoms with Crippen molar-refractivity contribution in [2.45, 2.75) is 78.1 Å². The van der Waals surface area contributed by atoms with Crippen molar-refractivity contribution >= 4 is 17.7 Å². The number of alkyl carbamates (subject to hydrolysis) is 1. The summed E-state index contributed by atoms with van der Waals surface area (Å²) >= 11 is 0. The molecule has 0 radical (unpaired) electrons. The van der Waals surface area contributed by atoms with Crippen LogP contribution in [0.3, 0.4) is 0 Å². The molecule has 10 heteroatoms. The molecule has 1 aromatic carbocycles. The summed E-state index contributed by atoms with van der Waals surface area (Å²) in [4.78, 5) is 38.5. The fourth-order valence-corrected chi connectivity index (χ4v) is 4.19. The fraction of sp³-hybridized carbons (Fsp3) is 0.652. The van der Waals surface area contributed by atoms with Gasteiger partial charge in [0.25, 0.3) is 5.69 Å². The van der Waals surface area contributed by atoms with Crippen LogP contribution in [0.25, 0.3) is 0 Å². The highest BCUT2D eigenvalue weighted by Gasteiger charge is 2.33. The minimum atomic E-state index is -0.917. The molecule has 1 aliphatic rings. The van der Waals surface area contributed by atoms with E-state index in [4.69, 9.17) is 14.2 Å². The van der Waals surface area contributed by atoms with Gasteiger partial charge in [-0.25, -0.2) is 4.79 Å². The first-order valence-corrected chi connectivity index (χ1v) is 11.3. The number of hydrogen-bond acceptors (Lipinski definition) is 7. The van der Waals surface area contributed by atoms with Crippen molar-refractivity contribution in [1.29, 1.82) is 0 Å². The molecule has 33 heavy (non-hydrogen) atoms. The molecular formula is C23H35N3O7. The quantitative estimate of drug-likeness (QED) is 0.419. The summed E-state index contributed by atoms with van der Waals surface area (Å²) in [6, 6.07) is 2.72. The first kappa shape index (κ1) is 26.2. The lowest BCUT2D eigenvalue weighted by Crippen LogP contribution is -2.53. The molecule has 10 nitrogen and oxygen atoms in total. The lowest BCUT2D eigenvalue weighted by Gasteiger charge is -2.35. The van der Waals surface area contributed by atoms with Crippen LogP contribution >= 0.6 is 0 Å². The molecule has 1 heterocycles. The fourth-order valence-electron chi connectivity index (χ4n) is 4.19. The first-order chi connectivity index (χ1) is 15.6. The van der Waals surface area contributed by atoms with Gasteiger partial charge in [0.15, 0.2) is 11.5 Å². The van der Waals surface area contributed by atoms with Crippen LogP contribution in [0, 0.1) is 16.0 Å². The zero-order chi connectivity index (χ0) is 24.7. The molecule has 0 bridgehead atoms. The highest BCUT2D eigenvalue weighted by Crippen LogP contribution is 2.40. The third-order valence-corrected chi connectivity index (χ3v) is 5.91. The van der Waals surface area contributed by atoms with Gasteiger partial charge < -0.3 is 24.4 Å². The smallest absolute Gasteiger partial charge is 0.409 e. The molecule has 2 rings (SSSR count). The van der Waals surface area contributed by atoms with Gasteiger partial charge in [0.2, 0.25) is 5.91 Å². The Morgan fingerprint density at radius 3 is 2.42 bits per heavy atom. The molecule has 184 valence electrons. The summed E-state index contributed by atoms with van der Waals surface area (Å²) in [7, 11) is 2.82. The number of carbonyl (C=O) groups excluding carboxylic acids is 2. The Kier molecular flexibility index (Phi) is 9.31. The molecule has 1 N–H and O–H groups in total. The molecule has 3 unspecified atom stereocenters. The lowest BCUT2D eigenvalue weighted by molar-refractivity contribution is -0.386. The molecule has 0 aromatic heterocycles. The van der Waals surface area contributed by atoms with Crippen LogP contribution in [0.5, 0.6) is 11.5 Å². The maximum atomic E-state index is 12.9. The van der Waals surface area contributed by atoms with Gasteiger partial charge in [-0.3, -0.25) is 14.9 Å². The topological polar surface area (TPSA) is 120 Å². The van der Waals surface area contributed by atoms with Gasteiger partial charge in [-0.1, -0.05) is 27.2 Å². The van der Waals surface area contributed by atoms with Gasteiger partial charge >= 0.3 is 6.09 Å². The minimum Gasteiger partial charge on any atom is -0.493 e. The second-order valence-electron chi connectivity index (χ2n) is 8.56. The number of nitrogens with zero attached hydrogens (tertiary/aromatic N) is 2. The second-order valence-corrected chi connectivity index (χ2v) is 8.56. The zero-order valence-electron chi connectivity index (χ0n) is 20.3. The summed E-state index contributed by atoms with van der Waals surface area (Å²) < 4.78 is 16.2. The van der Waals surface area contributed by atoms with Crippen molar-refractivity contribution in [1.82, 2.24) is 10.2 Å². The standard InChI is InChI=1S/C23H35N3O7/c1-7-20(25-15(4)10-8-9-11-21(25)27)24-23(28)33-22(14(2)3)16-12-18(31-5)19(32-6)13-17(16)26(29)30/h12-15,20,22H,7-11H2,1-6H3,(H,24,28). The van der Waals surface area contributed by atoms with Gasteiger partial charge in [0, 0.05) is 12.5 Å². The molecule has 3 atom stereocenters. The second kappa shape index (κ2) is 11.7. The number of ether oxygens (including phenoxy) is 3. The molecule has 1 aliphatic heterocycles. The van der Waals surface area contributed by atoms with E-state index < -0.39 is 23.3 Å². The Balaban J connectivity index is 2.31. The summed E-state index contributed by atoms with van der Waals surface area (Å²) in [6.45, 7) is 7.46. The number of amides is 2. The van der Waals surface area contributed by atoms with E-state index in [1.165, 1.54) is 26.4 Å². The average molecular weight is 466 g/mol. The number of nitrogens with one attached hydrogen (secondary N) is 1. The van der Waals surface area contributed by atoms with Crippen molar-refractivity contribution in [2.75, 3.05) is 14.2 Å². The maximum absolute atomic E-state index is 12.9. The number of likely N-dealkylation sites (tertiary alicyclic amines) is 1. The minimum absolute atomic E-state index is 0.00178. The largest absolute Gasteiger partial charge is 0.493 e. The van der Waals surface area contributed by atoms with E-state index in [0.29, 0.717) is 18.6 Å². The Morgan fingerprint density at radius 1 is 1.24 bits per heavy atom. The summed E-state index contributed by atoms with van der Waals surface area (Å²) in [5.41, 5.74) is -0.0300. The number of benzene rings is 1. The van der Waals surface area contributed by atoms with Crippen molar-refractivity contribution in [3.05, 3.63) is 27.8 Å². The van der Waals surface area contributed by atoms with Crippen molar-refractivity contribution in [3.63, 3.8) is 0 Å². The molecule has 0 aliphatic carbocycles. The van der Waals surface area contributed by atoms with Gasteiger partial charge in [0.05, 0.1) is 30.8 Å².